The first kappa shape index (κ1) is 10.0. The van der Waals surface area contributed by atoms with E-state index in [1.165, 1.54) is 12.0 Å². The zero-order chi connectivity index (χ0) is 10.7. The van der Waals surface area contributed by atoms with Crippen molar-refractivity contribution in [1.82, 2.24) is 0 Å². The molecule has 0 saturated heterocycles. The molecule has 1 aromatic rings. The van der Waals surface area contributed by atoms with Gasteiger partial charge in [0.05, 0.1) is 11.5 Å². The molecule has 0 unspecified atom stereocenters. The molecule has 2 rings (SSSR count). The van der Waals surface area contributed by atoms with Gasteiger partial charge < -0.3 is 5.32 Å². The van der Waals surface area contributed by atoms with Crippen molar-refractivity contribution in [3.8, 4) is 6.07 Å². The van der Waals surface area contributed by atoms with Crippen LogP contribution in [-0.4, -0.2) is 6.54 Å². The molecule has 1 N–H and O–H groups in total. The van der Waals surface area contributed by atoms with Crippen LogP contribution in [0.2, 0.25) is 0 Å². The van der Waals surface area contributed by atoms with E-state index in [-0.39, 0.29) is 5.41 Å². The van der Waals surface area contributed by atoms with Gasteiger partial charge in [0, 0.05) is 12.2 Å². The molecule has 0 heterocycles. The molecule has 1 saturated carbocycles. The topological polar surface area (TPSA) is 35.8 Å². The van der Waals surface area contributed by atoms with Gasteiger partial charge in [-0.05, 0) is 31.9 Å². The Labute approximate surface area is 90.9 Å². The number of nitriles is 1. The van der Waals surface area contributed by atoms with Crippen molar-refractivity contribution in [3.05, 3.63) is 29.8 Å². The van der Waals surface area contributed by atoms with Gasteiger partial charge in [0.2, 0.25) is 0 Å². The smallest absolute Gasteiger partial charge is 0.0746 e. The Morgan fingerprint density at radius 3 is 2.47 bits per heavy atom. The lowest BCUT2D eigenvalue weighted by Crippen LogP contribution is -2.34. The van der Waals surface area contributed by atoms with Gasteiger partial charge in [0.25, 0.3) is 0 Å². The summed E-state index contributed by atoms with van der Waals surface area (Å²) in [5, 5.41) is 12.4. The van der Waals surface area contributed by atoms with E-state index in [9.17, 15) is 0 Å². The third kappa shape index (κ3) is 2.12. The van der Waals surface area contributed by atoms with E-state index in [1.807, 2.05) is 0 Å². The van der Waals surface area contributed by atoms with Crippen LogP contribution in [0.3, 0.4) is 0 Å². The second kappa shape index (κ2) is 3.94. The number of hydrogen-bond acceptors (Lipinski definition) is 2. The van der Waals surface area contributed by atoms with E-state index in [0.29, 0.717) is 0 Å². The van der Waals surface area contributed by atoms with Crippen LogP contribution in [0.15, 0.2) is 24.3 Å². The van der Waals surface area contributed by atoms with Gasteiger partial charge in [0.1, 0.15) is 0 Å². The number of hydrogen-bond donors (Lipinski definition) is 1. The standard InChI is InChI=1S/C13H16N2/c1-11-3-5-12(6-4-11)15-10-13(9-14)7-2-8-13/h3-6,15H,2,7-8,10H2,1H3. The van der Waals surface area contributed by atoms with E-state index in [0.717, 1.165) is 25.1 Å². The van der Waals surface area contributed by atoms with Crippen molar-refractivity contribution >= 4 is 5.69 Å². The highest BCUT2D eigenvalue weighted by Crippen LogP contribution is 2.40. The predicted molar refractivity (Wildman–Crippen MR) is 61.6 cm³/mol. The Morgan fingerprint density at radius 2 is 2.00 bits per heavy atom. The van der Waals surface area contributed by atoms with Crippen molar-refractivity contribution in [1.29, 1.82) is 5.26 Å². The minimum atomic E-state index is -0.0924. The van der Waals surface area contributed by atoms with E-state index in [1.54, 1.807) is 0 Å². The molecule has 2 heteroatoms. The molecule has 1 aliphatic rings. The SMILES string of the molecule is Cc1ccc(NCC2(C#N)CCC2)cc1. The summed E-state index contributed by atoms with van der Waals surface area (Å²) in [6.45, 7) is 2.86. The summed E-state index contributed by atoms with van der Waals surface area (Å²) in [6, 6.07) is 10.7. The van der Waals surface area contributed by atoms with Crippen LogP contribution in [0.4, 0.5) is 5.69 Å². The lowest BCUT2D eigenvalue weighted by Gasteiger charge is -2.35. The van der Waals surface area contributed by atoms with Crippen LogP contribution in [-0.2, 0) is 0 Å². The monoisotopic (exact) mass is 200 g/mol. The third-order valence-corrected chi connectivity index (χ3v) is 3.23. The maximum Gasteiger partial charge on any atom is 0.0746 e. The fourth-order valence-corrected chi connectivity index (χ4v) is 1.87. The van der Waals surface area contributed by atoms with Gasteiger partial charge in [-0.2, -0.15) is 5.26 Å². The summed E-state index contributed by atoms with van der Waals surface area (Å²) in [7, 11) is 0. The molecule has 2 nitrogen and oxygen atoms in total. The van der Waals surface area contributed by atoms with Crippen molar-refractivity contribution in [3.63, 3.8) is 0 Å². The molecular weight excluding hydrogens is 184 g/mol. The summed E-state index contributed by atoms with van der Waals surface area (Å²) in [4.78, 5) is 0. The average molecular weight is 200 g/mol. The number of nitrogens with zero attached hydrogens (tertiary/aromatic N) is 1. The molecule has 0 bridgehead atoms. The first-order valence-corrected chi connectivity index (χ1v) is 5.46. The van der Waals surface area contributed by atoms with Crippen LogP contribution >= 0.6 is 0 Å². The molecule has 0 radical (unpaired) electrons. The Hall–Kier alpha value is -1.49. The number of aryl methyl sites for hydroxylation is 1. The highest BCUT2D eigenvalue weighted by atomic mass is 14.9. The highest BCUT2D eigenvalue weighted by molar-refractivity contribution is 5.45. The minimum absolute atomic E-state index is 0.0924. The summed E-state index contributed by atoms with van der Waals surface area (Å²) >= 11 is 0. The van der Waals surface area contributed by atoms with Gasteiger partial charge >= 0.3 is 0 Å². The predicted octanol–water partition coefficient (Wildman–Crippen LogP) is 3.10. The van der Waals surface area contributed by atoms with Crippen molar-refractivity contribution in [2.24, 2.45) is 5.41 Å². The van der Waals surface area contributed by atoms with E-state index in [4.69, 9.17) is 5.26 Å². The van der Waals surface area contributed by atoms with Crippen molar-refractivity contribution < 1.29 is 0 Å². The molecule has 0 aromatic heterocycles. The van der Waals surface area contributed by atoms with Gasteiger partial charge in [-0.1, -0.05) is 24.1 Å². The lowest BCUT2D eigenvalue weighted by atomic mass is 9.70. The van der Waals surface area contributed by atoms with E-state index < -0.39 is 0 Å². The number of anilines is 1. The Balaban J connectivity index is 1.93. The van der Waals surface area contributed by atoms with Crippen LogP contribution in [0.5, 0.6) is 0 Å². The second-order valence-electron chi connectivity index (χ2n) is 4.47. The fraction of sp³-hybridized carbons (Fsp3) is 0.462. The van der Waals surface area contributed by atoms with E-state index in [2.05, 4.69) is 42.6 Å². The zero-order valence-corrected chi connectivity index (χ0v) is 9.09. The maximum absolute atomic E-state index is 9.07. The summed E-state index contributed by atoms with van der Waals surface area (Å²) < 4.78 is 0. The second-order valence-corrected chi connectivity index (χ2v) is 4.47. The van der Waals surface area contributed by atoms with Crippen molar-refractivity contribution in [2.45, 2.75) is 26.2 Å². The molecule has 0 amide bonds. The fourth-order valence-electron chi connectivity index (χ4n) is 1.87. The quantitative estimate of drug-likeness (QED) is 0.813. The Kier molecular flexibility index (Phi) is 2.64. The molecule has 0 aliphatic heterocycles. The largest absolute Gasteiger partial charge is 0.383 e. The molecular formula is C13H16N2. The van der Waals surface area contributed by atoms with Crippen LogP contribution in [0.1, 0.15) is 24.8 Å². The summed E-state index contributed by atoms with van der Waals surface area (Å²) in [5.41, 5.74) is 2.28. The molecule has 0 atom stereocenters. The molecule has 15 heavy (non-hydrogen) atoms. The van der Waals surface area contributed by atoms with Gasteiger partial charge in [-0.25, -0.2) is 0 Å². The van der Waals surface area contributed by atoms with Gasteiger partial charge in [-0.3, -0.25) is 0 Å². The van der Waals surface area contributed by atoms with Crippen molar-refractivity contribution in [2.75, 3.05) is 11.9 Å². The molecule has 1 fully saturated rings. The normalized spacial score (nSPS) is 17.6. The van der Waals surface area contributed by atoms with Crippen LogP contribution in [0, 0.1) is 23.7 Å². The Morgan fingerprint density at radius 1 is 1.33 bits per heavy atom. The lowest BCUT2D eigenvalue weighted by molar-refractivity contribution is 0.233. The van der Waals surface area contributed by atoms with Crippen LogP contribution < -0.4 is 5.32 Å². The van der Waals surface area contributed by atoms with Crippen LogP contribution in [0.25, 0.3) is 0 Å². The number of rotatable bonds is 3. The molecule has 0 spiro atoms. The van der Waals surface area contributed by atoms with Gasteiger partial charge in [-0.15, -0.1) is 0 Å². The number of benzene rings is 1. The minimum Gasteiger partial charge on any atom is -0.383 e. The zero-order valence-electron chi connectivity index (χ0n) is 9.09. The average Bonchev–Trinajstić information content (AvgIpc) is 2.20. The Bertz CT molecular complexity index is 369. The summed E-state index contributed by atoms with van der Waals surface area (Å²) in [6.07, 6.45) is 3.29. The summed E-state index contributed by atoms with van der Waals surface area (Å²) in [5.74, 6) is 0. The number of nitrogens with one attached hydrogen (secondary N) is 1. The molecule has 1 aliphatic carbocycles. The first-order valence-electron chi connectivity index (χ1n) is 5.46. The third-order valence-electron chi connectivity index (χ3n) is 3.23. The molecule has 78 valence electrons. The molecule has 1 aromatic carbocycles. The highest BCUT2D eigenvalue weighted by Gasteiger charge is 2.36. The first-order chi connectivity index (χ1) is 7.24. The van der Waals surface area contributed by atoms with E-state index >= 15 is 0 Å². The maximum atomic E-state index is 9.07. The van der Waals surface area contributed by atoms with Gasteiger partial charge in [0.15, 0.2) is 0 Å².